The summed E-state index contributed by atoms with van der Waals surface area (Å²) in [6, 6.07) is 4.26. The van der Waals surface area contributed by atoms with E-state index in [2.05, 4.69) is 51.5 Å². The van der Waals surface area contributed by atoms with E-state index in [0.717, 1.165) is 63.0 Å². The van der Waals surface area contributed by atoms with Crippen molar-refractivity contribution in [2.45, 2.75) is 52.0 Å². The van der Waals surface area contributed by atoms with Crippen LogP contribution < -0.4 is 15.5 Å². The number of likely N-dealkylation sites (N-methyl/N-ethyl adjacent to an activating group) is 1. The molecule has 2 aliphatic rings. The van der Waals surface area contributed by atoms with Crippen LogP contribution >= 0.6 is 24.0 Å². The van der Waals surface area contributed by atoms with Gasteiger partial charge in [-0.2, -0.15) is 0 Å². The summed E-state index contributed by atoms with van der Waals surface area (Å²) < 4.78 is 0. The molecule has 1 aromatic heterocycles. The molecule has 1 saturated heterocycles. The minimum absolute atomic E-state index is 0. The highest BCUT2D eigenvalue weighted by molar-refractivity contribution is 14.0. The molecule has 1 aliphatic heterocycles. The molecule has 0 atom stereocenters. The van der Waals surface area contributed by atoms with E-state index >= 15 is 0 Å². The second-order valence-corrected chi connectivity index (χ2v) is 8.90. The highest BCUT2D eigenvalue weighted by Crippen LogP contribution is 2.38. The average Bonchev–Trinajstić information content (AvgIpc) is 2.78. The third kappa shape index (κ3) is 8.05. The van der Waals surface area contributed by atoms with E-state index in [4.69, 9.17) is 4.99 Å². The van der Waals surface area contributed by atoms with Gasteiger partial charge in [0.05, 0.1) is 6.54 Å². The normalized spacial score (nSPS) is 19.6. The van der Waals surface area contributed by atoms with Gasteiger partial charge < -0.3 is 25.5 Å². The van der Waals surface area contributed by atoms with Crippen LogP contribution in [-0.4, -0.2) is 73.9 Å². The summed E-state index contributed by atoms with van der Waals surface area (Å²) in [6.45, 7) is 8.91. The number of hydrogen-bond donors (Lipinski definition) is 3. The van der Waals surface area contributed by atoms with Crippen LogP contribution in [0.15, 0.2) is 23.3 Å². The Labute approximate surface area is 205 Å². The molecule has 1 aromatic rings. The summed E-state index contributed by atoms with van der Waals surface area (Å²) in [5, 5.41) is 16.5. The van der Waals surface area contributed by atoms with E-state index in [1.54, 1.807) is 0 Å². The summed E-state index contributed by atoms with van der Waals surface area (Å²) in [4.78, 5) is 14.2. The van der Waals surface area contributed by atoms with Crippen molar-refractivity contribution in [2.24, 2.45) is 10.4 Å². The first-order chi connectivity index (χ1) is 14.6. The Bertz CT molecular complexity index is 649. The van der Waals surface area contributed by atoms with Crippen molar-refractivity contribution in [3.63, 3.8) is 0 Å². The largest absolute Gasteiger partial charge is 0.396 e. The number of nitrogens with zero attached hydrogens (tertiary/aromatic N) is 4. The molecule has 3 N–H and O–H groups in total. The second-order valence-electron chi connectivity index (χ2n) is 8.90. The first kappa shape index (κ1) is 26.1. The Morgan fingerprint density at radius 3 is 2.48 bits per heavy atom. The Morgan fingerprint density at radius 1 is 1.13 bits per heavy atom. The monoisotopic (exact) mass is 544 g/mol. The number of rotatable bonds is 8. The van der Waals surface area contributed by atoms with E-state index in [9.17, 15) is 5.11 Å². The van der Waals surface area contributed by atoms with Crippen molar-refractivity contribution in [3.8, 4) is 0 Å². The molecule has 0 unspecified atom stereocenters. The summed E-state index contributed by atoms with van der Waals surface area (Å²) >= 11 is 0. The average molecular weight is 545 g/mol. The van der Waals surface area contributed by atoms with Gasteiger partial charge in [-0.1, -0.05) is 25.3 Å². The van der Waals surface area contributed by atoms with Gasteiger partial charge in [-0.05, 0) is 50.3 Å². The lowest BCUT2D eigenvalue weighted by Crippen LogP contribution is -2.45. The van der Waals surface area contributed by atoms with Gasteiger partial charge in [-0.25, -0.2) is 9.98 Å². The smallest absolute Gasteiger partial charge is 0.191 e. The van der Waals surface area contributed by atoms with E-state index in [1.807, 2.05) is 6.20 Å². The summed E-state index contributed by atoms with van der Waals surface area (Å²) in [6.07, 6.45) is 9.06. The number of nitrogens with one attached hydrogen (secondary N) is 2. The van der Waals surface area contributed by atoms with Gasteiger partial charge >= 0.3 is 0 Å². The van der Waals surface area contributed by atoms with Crippen molar-refractivity contribution >= 4 is 35.8 Å². The Balaban J connectivity index is 0.00000341. The maximum Gasteiger partial charge on any atom is 0.191 e. The molecule has 2 fully saturated rings. The van der Waals surface area contributed by atoms with Gasteiger partial charge in [0.25, 0.3) is 0 Å². The van der Waals surface area contributed by atoms with Gasteiger partial charge in [0.15, 0.2) is 5.96 Å². The number of aliphatic imine (C=N–C) groups is 1. The molecular weight excluding hydrogens is 503 g/mol. The van der Waals surface area contributed by atoms with Crippen LogP contribution in [-0.2, 0) is 6.54 Å². The van der Waals surface area contributed by atoms with Crippen LogP contribution in [0, 0.1) is 5.41 Å². The number of piperazine rings is 1. The molecule has 0 bridgehead atoms. The van der Waals surface area contributed by atoms with Gasteiger partial charge in [-0.15, -0.1) is 24.0 Å². The van der Waals surface area contributed by atoms with Crippen LogP contribution in [0.3, 0.4) is 0 Å². The fourth-order valence-corrected chi connectivity index (χ4v) is 4.57. The molecule has 3 rings (SSSR count). The molecule has 8 heteroatoms. The molecule has 31 heavy (non-hydrogen) atoms. The van der Waals surface area contributed by atoms with Crippen LogP contribution in [0.2, 0.25) is 0 Å². The number of aromatic nitrogens is 1. The quantitative estimate of drug-likeness (QED) is 0.266. The third-order valence-corrected chi connectivity index (χ3v) is 6.59. The minimum Gasteiger partial charge on any atom is -0.396 e. The number of aliphatic hydroxyl groups excluding tert-OH is 1. The molecule has 0 radical (unpaired) electrons. The molecular formula is C23H41IN6O. The standard InChI is InChI=1S/C23H40N6O.HI/c1-3-24-22(27-19-23(11-16-30)9-5-4-6-10-23)26-18-20-7-8-21(25-17-20)29-14-12-28(2)13-15-29;/h7-8,17,30H,3-6,9-16,18-19H2,1-2H3,(H2,24,26,27);1H. The van der Waals surface area contributed by atoms with E-state index in [1.165, 1.54) is 32.1 Å². The zero-order valence-corrected chi connectivity index (χ0v) is 21.6. The summed E-state index contributed by atoms with van der Waals surface area (Å²) in [7, 11) is 2.17. The van der Waals surface area contributed by atoms with Crippen molar-refractivity contribution in [3.05, 3.63) is 23.9 Å². The molecule has 0 amide bonds. The maximum absolute atomic E-state index is 9.55. The van der Waals surface area contributed by atoms with Gasteiger partial charge in [-0.3, -0.25) is 0 Å². The summed E-state index contributed by atoms with van der Waals surface area (Å²) in [5.41, 5.74) is 1.32. The lowest BCUT2D eigenvalue weighted by atomic mass is 9.72. The van der Waals surface area contributed by atoms with Crippen molar-refractivity contribution in [1.29, 1.82) is 0 Å². The predicted molar refractivity (Wildman–Crippen MR) is 139 cm³/mol. The fraction of sp³-hybridized carbons (Fsp3) is 0.739. The third-order valence-electron chi connectivity index (χ3n) is 6.59. The molecule has 1 aliphatic carbocycles. The van der Waals surface area contributed by atoms with Gasteiger partial charge in [0.1, 0.15) is 5.82 Å². The van der Waals surface area contributed by atoms with Gasteiger partial charge in [0.2, 0.25) is 0 Å². The lowest BCUT2D eigenvalue weighted by molar-refractivity contribution is 0.131. The first-order valence-corrected chi connectivity index (χ1v) is 11.7. The first-order valence-electron chi connectivity index (χ1n) is 11.7. The molecule has 176 valence electrons. The van der Waals surface area contributed by atoms with Crippen molar-refractivity contribution in [1.82, 2.24) is 20.5 Å². The number of anilines is 1. The SMILES string of the molecule is CCNC(=NCc1ccc(N2CCN(C)CC2)nc1)NCC1(CCO)CCCCC1.I. The van der Waals surface area contributed by atoms with E-state index in [-0.39, 0.29) is 36.0 Å². The van der Waals surface area contributed by atoms with Crippen molar-refractivity contribution in [2.75, 3.05) is 57.8 Å². The Kier molecular flexibility index (Phi) is 11.3. The zero-order chi connectivity index (χ0) is 21.2. The van der Waals surface area contributed by atoms with Crippen molar-refractivity contribution < 1.29 is 5.11 Å². The molecule has 0 spiro atoms. The highest BCUT2D eigenvalue weighted by Gasteiger charge is 2.31. The second kappa shape index (κ2) is 13.4. The number of aliphatic hydroxyl groups is 1. The summed E-state index contributed by atoms with van der Waals surface area (Å²) in [5.74, 6) is 1.91. The van der Waals surface area contributed by atoms with Crippen LogP contribution in [0.4, 0.5) is 5.82 Å². The van der Waals surface area contributed by atoms with E-state index < -0.39 is 0 Å². The van der Waals surface area contributed by atoms with Crippen LogP contribution in [0.5, 0.6) is 0 Å². The lowest BCUT2D eigenvalue weighted by Gasteiger charge is -2.37. The topological polar surface area (TPSA) is 76.0 Å². The highest BCUT2D eigenvalue weighted by atomic mass is 127. The number of halogens is 1. The van der Waals surface area contributed by atoms with Crippen LogP contribution in [0.1, 0.15) is 51.0 Å². The fourth-order valence-electron chi connectivity index (χ4n) is 4.57. The van der Waals surface area contributed by atoms with Crippen LogP contribution in [0.25, 0.3) is 0 Å². The maximum atomic E-state index is 9.55. The number of guanidine groups is 1. The predicted octanol–water partition coefficient (Wildman–Crippen LogP) is 2.84. The molecule has 1 saturated carbocycles. The molecule has 2 heterocycles. The zero-order valence-electron chi connectivity index (χ0n) is 19.3. The number of hydrogen-bond acceptors (Lipinski definition) is 5. The minimum atomic E-state index is 0. The Morgan fingerprint density at radius 2 is 1.87 bits per heavy atom. The number of pyridine rings is 1. The molecule has 7 nitrogen and oxygen atoms in total. The van der Waals surface area contributed by atoms with Gasteiger partial charge in [0, 0.05) is 52.1 Å². The Hall–Kier alpha value is -1.13. The molecule has 0 aromatic carbocycles. The van der Waals surface area contributed by atoms with E-state index in [0.29, 0.717) is 6.54 Å².